The number of allylic oxidation sites excluding steroid dienone is 1. The van der Waals surface area contributed by atoms with Crippen LogP contribution in [0, 0.1) is 10.1 Å². The molecule has 2 fully saturated rings. The molecule has 0 saturated heterocycles. The van der Waals surface area contributed by atoms with E-state index in [2.05, 4.69) is 32.1 Å². The van der Waals surface area contributed by atoms with Gasteiger partial charge in [-0.2, -0.15) is 4.98 Å². The van der Waals surface area contributed by atoms with E-state index in [4.69, 9.17) is 0 Å². The number of aromatic nitrogens is 5. The van der Waals surface area contributed by atoms with Gasteiger partial charge in [-0.3, -0.25) is 10.1 Å². The molecule has 130 valence electrons. The summed E-state index contributed by atoms with van der Waals surface area (Å²) >= 11 is 1.26. The molecule has 9 nitrogen and oxygen atoms in total. The van der Waals surface area contributed by atoms with Crippen LogP contribution in [0.3, 0.4) is 0 Å². The van der Waals surface area contributed by atoms with Crippen molar-refractivity contribution in [3.8, 4) is 0 Å². The van der Waals surface area contributed by atoms with Crippen LogP contribution in [0.25, 0.3) is 0 Å². The zero-order chi connectivity index (χ0) is 17.4. The normalized spacial score (nSPS) is 16.6. The van der Waals surface area contributed by atoms with Crippen LogP contribution in [0.1, 0.15) is 37.4 Å². The highest BCUT2D eigenvalue weighted by atomic mass is 32.2. The Morgan fingerprint density at radius 1 is 1.40 bits per heavy atom. The fourth-order valence-corrected chi connectivity index (χ4v) is 3.24. The number of nitrogens with zero attached hydrogens (tertiary/aromatic N) is 6. The van der Waals surface area contributed by atoms with E-state index in [-0.39, 0.29) is 17.5 Å². The SMILES string of the molecule is C=CCn1c(Sc2ncc([N+](=O)[O-])c(NC3CC3)n2)nnc1C1CC1. The number of anilines is 1. The van der Waals surface area contributed by atoms with E-state index in [1.165, 1.54) is 18.0 Å². The van der Waals surface area contributed by atoms with Gasteiger partial charge in [0.15, 0.2) is 10.3 Å². The molecule has 2 aliphatic rings. The number of hydrogen-bond acceptors (Lipinski definition) is 8. The van der Waals surface area contributed by atoms with Crippen molar-refractivity contribution in [3.05, 3.63) is 34.8 Å². The van der Waals surface area contributed by atoms with E-state index in [0.717, 1.165) is 31.5 Å². The van der Waals surface area contributed by atoms with Crippen molar-refractivity contribution in [2.75, 3.05) is 5.32 Å². The van der Waals surface area contributed by atoms with Crippen LogP contribution in [0.2, 0.25) is 0 Å². The summed E-state index contributed by atoms with van der Waals surface area (Å²) in [5, 5.41) is 23.9. The van der Waals surface area contributed by atoms with E-state index in [1.54, 1.807) is 6.08 Å². The summed E-state index contributed by atoms with van der Waals surface area (Å²) in [7, 11) is 0. The van der Waals surface area contributed by atoms with Gasteiger partial charge < -0.3 is 9.88 Å². The van der Waals surface area contributed by atoms with E-state index >= 15 is 0 Å². The van der Waals surface area contributed by atoms with Gasteiger partial charge in [-0.1, -0.05) is 6.08 Å². The Morgan fingerprint density at radius 3 is 2.84 bits per heavy atom. The van der Waals surface area contributed by atoms with E-state index < -0.39 is 4.92 Å². The zero-order valence-electron chi connectivity index (χ0n) is 13.5. The summed E-state index contributed by atoms with van der Waals surface area (Å²) in [5.74, 6) is 1.69. The molecule has 0 spiro atoms. The monoisotopic (exact) mass is 359 g/mol. The summed E-state index contributed by atoms with van der Waals surface area (Å²) in [5.41, 5.74) is -0.109. The number of nitro groups is 1. The van der Waals surface area contributed by atoms with Gasteiger partial charge in [-0.05, 0) is 37.4 Å². The van der Waals surface area contributed by atoms with Crippen molar-refractivity contribution in [2.24, 2.45) is 0 Å². The first-order valence-electron chi connectivity index (χ1n) is 8.15. The largest absolute Gasteiger partial charge is 0.361 e. The molecular weight excluding hydrogens is 342 g/mol. The highest BCUT2D eigenvalue weighted by Gasteiger charge is 2.31. The fourth-order valence-electron chi connectivity index (χ4n) is 2.47. The van der Waals surface area contributed by atoms with Crippen LogP contribution in [0.5, 0.6) is 0 Å². The van der Waals surface area contributed by atoms with Gasteiger partial charge >= 0.3 is 5.69 Å². The molecule has 10 heteroatoms. The molecular formula is C15H17N7O2S. The van der Waals surface area contributed by atoms with Crippen molar-refractivity contribution < 1.29 is 4.92 Å². The minimum absolute atomic E-state index is 0.109. The van der Waals surface area contributed by atoms with Gasteiger partial charge in [0.25, 0.3) is 0 Å². The third-order valence-electron chi connectivity index (χ3n) is 4.04. The molecule has 0 bridgehead atoms. The van der Waals surface area contributed by atoms with Crippen LogP contribution >= 0.6 is 11.8 Å². The highest BCUT2D eigenvalue weighted by molar-refractivity contribution is 7.99. The fraction of sp³-hybridized carbons (Fsp3) is 0.467. The van der Waals surface area contributed by atoms with Crippen LogP contribution in [0.15, 0.2) is 29.2 Å². The van der Waals surface area contributed by atoms with Crippen molar-refractivity contribution in [2.45, 2.75) is 54.5 Å². The molecule has 0 aliphatic heterocycles. The minimum atomic E-state index is -0.468. The minimum Gasteiger partial charge on any atom is -0.361 e. The smallest absolute Gasteiger partial charge is 0.329 e. The lowest BCUT2D eigenvalue weighted by Crippen LogP contribution is -2.08. The molecule has 0 aromatic carbocycles. The van der Waals surface area contributed by atoms with Crippen LogP contribution in [-0.4, -0.2) is 35.7 Å². The van der Waals surface area contributed by atoms with Gasteiger partial charge in [0, 0.05) is 18.5 Å². The lowest BCUT2D eigenvalue weighted by molar-refractivity contribution is -0.384. The Hall–Kier alpha value is -2.49. The lowest BCUT2D eigenvalue weighted by atomic mass is 10.4. The van der Waals surface area contributed by atoms with Gasteiger partial charge in [-0.15, -0.1) is 16.8 Å². The van der Waals surface area contributed by atoms with Crippen LogP contribution in [0.4, 0.5) is 11.5 Å². The first kappa shape index (κ1) is 16.0. The first-order chi connectivity index (χ1) is 12.2. The summed E-state index contributed by atoms with van der Waals surface area (Å²) in [4.78, 5) is 19.1. The summed E-state index contributed by atoms with van der Waals surface area (Å²) in [6.07, 6.45) is 7.31. The molecule has 25 heavy (non-hydrogen) atoms. The van der Waals surface area contributed by atoms with Crippen molar-refractivity contribution in [1.82, 2.24) is 24.7 Å². The topological polar surface area (TPSA) is 112 Å². The average Bonchev–Trinajstić information content (AvgIpc) is 3.50. The lowest BCUT2D eigenvalue weighted by Gasteiger charge is -2.08. The Labute approximate surface area is 148 Å². The third kappa shape index (κ3) is 3.48. The van der Waals surface area contributed by atoms with E-state index in [1.807, 2.05) is 4.57 Å². The maximum atomic E-state index is 11.2. The molecule has 2 aromatic rings. The van der Waals surface area contributed by atoms with Gasteiger partial charge in [-0.25, -0.2) is 4.98 Å². The quantitative estimate of drug-likeness (QED) is 0.331. The molecule has 1 N–H and O–H groups in total. The Morgan fingerprint density at radius 2 is 2.20 bits per heavy atom. The molecule has 4 rings (SSSR count). The van der Waals surface area contributed by atoms with Gasteiger partial charge in [0.2, 0.25) is 5.82 Å². The van der Waals surface area contributed by atoms with E-state index in [0.29, 0.717) is 22.8 Å². The molecule has 2 saturated carbocycles. The van der Waals surface area contributed by atoms with Gasteiger partial charge in [0.1, 0.15) is 12.0 Å². The van der Waals surface area contributed by atoms with Crippen LogP contribution in [-0.2, 0) is 6.54 Å². The molecule has 2 aliphatic carbocycles. The van der Waals surface area contributed by atoms with Crippen molar-refractivity contribution >= 4 is 23.3 Å². The van der Waals surface area contributed by atoms with E-state index in [9.17, 15) is 10.1 Å². The second kappa shape index (κ2) is 6.43. The molecule has 0 radical (unpaired) electrons. The average molecular weight is 359 g/mol. The Balaban J connectivity index is 1.61. The second-order valence-electron chi connectivity index (χ2n) is 6.18. The molecule has 0 unspecified atom stereocenters. The predicted molar refractivity (Wildman–Crippen MR) is 91.6 cm³/mol. The van der Waals surface area contributed by atoms with Crippen LogP contribution < -0.4 is 5.32 Å². The molecule has 0 amide bonds. The summed E-state index contributed by atoms with van der Waals surface area (Å²) in [6, 6.07) is 0.261. The Bertz CT molecular complexity index is 829. The zero-order valence-corrected chi connectivity index (χ0v) is 14.3. The maximum Gasteiger partial charge on any atom is 0.329 e. The number of nitrogens with one attached hydrogen (secondary N) is 1. The maximum absolute atomic E-state index is 11.2. The summed E-state index contributed by atoms with van der Waals surface area (Å²) in [6.45, 7) is 4.40. The molecule has 0 atom stereocenters. The van der Waals surface area contributed by atoms with Crippen molar-refractivity contribution in [1.29, 1.82) is 0 Å². The van der Waals surface area contributed by atoms with Crippen molar-refractivity contribution in [3.63, 3.8) is 0 Å². The third-order valence-corrected chi connectivity index (χ3v) is 4.91. The highest BCUT2D eigenvalue weighted by Crippen LogP contribution is 2.40. The van der Waals surface area contributed by atoms with Gasteiger partial charge in [0.05, 0.1) is 4.92 Å². The number of hydrogen-bond donors (Lipinski definition) is 1. The molecule has 2 heterocycles. The predicted octanol–water partition coefficient (Wildman–Crippen LogP) is 2.77. The molecule has 2 aromatic heterocycles. The second-order valence-corrected chi connectivity index (χ2v) is 7.11. The summed E-state index contributed by atoms with van der Waals surface area (Å²) < 4.78 is 2.01. The Kier molecular flexibility index (Phi) is 4.12. The number of rotatable bonds is 8. The standard InChI is InChI=1S/C15H17N7O2S/c1-2-7-21-13(9-3-4-9)19-20-15(21)25-14-16-8-11(22(23)24)12(18-14)17-10-5-6-10/h2,8-10H,1,3-7H2,(H,16,17,18). The first-order valence-corrected chi connectivity index (χ1v) is 8.97.